The summed E-state index contributed by atoms with van der Waals surface area (Å²) in [5.74, 6) is 5.96. The normalized spacial score (nSPS) is 14.0. The van der Waals surface area contributed by atoms with Gasteiger partial charge in [0.1, 0.15) is 0 Å². The maximum Gasteiger partial charge on any atom is 0.0555 e. The van der Waals surface area contributed by atoms with Crippen molar-refractivity contribution < 1.29 is 0 Å². The Morgan fingerprint density at radius 2 is 1.86 bits per heavy atom. The lowest BCUT2D eigenvalue weighted by atomic mass is 10.1. The molecule has 2 N–H and O–H groups in total. The highest BCUT2D eigenvalue weighted by Crippen LogP contribution is 2.30. The molecule has 2 aromatic rings. The van der Waals surface area contributed by atoms with Gasteiger partial charge in [-0.3, -0.25) is 4.90 Å². The van der Waals surface area contributed by atoms with Gasteiger partial charge in [-0.2, -0.15) is 11.3 Å². The summed E-state index contributed by atoms with van der Waals surface area (Å²) in [7, 11) is 0. The molecule has 1 saturated carbocycles. The molecule has 2 nitrogen and oxygen atoms in total. The maximum atomic E-state index is 5.40. The molecular formula is C18H20N2S. The number of nitrogens with zero attached hydrogens (tertiary/aromatic N) is 1. The van der Waals surface area contributed by atoms with E-state index in [0.29, 0.717) is 6.54 Å². The van der Waals surface area contributed by atoms with Gasteiger partial charge in [-0.15, -0.1) is 0 Å². The van der Waals surface area contributed by atoms with Crippen molar-refractivity contribution in [1.82, 2.24) is 4.90 Å². The summed E-state index contributed by atoms with van der Waals surface area (Å²) in [6, 6.07) is 11.5. The first-order valence-corrected chi connectivity index (χ1v) is 8.32. The minimum absolute atomic E-state index is 0.415. The fourth-order valence-corrected chi connectivity index (χ4v) is 3.11. The quantitative estimate of drug-likeness (QED) is 0.858. The van der Waals surface area contributed by atoms with E-state index < -0.39 is 0 Å². The van der Waals surface area contributed by atoms with Crippen molar-refractivity contribution in [3.05, 3.63) is 57.8 Å². The summed E-state index contributed by atoms with van der Waals surface area (Å²) in [4.78, 5) is 2.59. The molecule has 0 saturated heterocycles. The van der Waals surface area contributed by atoms with Crippen LogP contribution in [0.15, 0.2) is 41.1 Å². The van der Waals surface area contributed by atoms with Crippen molar-refractivity contribution in [1.29, 1.82) is 0 Å². The fourth-order valence-electron chi connectivity index (χ4n) is 2.45. The lowest BCUT2D eigenvalue weighted by molar-refractivity contribution is 0.246. The summed E-state index contributed by atoms with van der Waals surface area (Å²) < 4.78 is 0. The SMILES string of the molecule is NCC#Cc1ccc(CN(Cc2ccsc2)C2CC2)cc1. The van der Waals surface area contributed by atoms with E-state index in [2.05, 4.69) is 57.8 Å². The highest BCUT2D eigenvalue weighted by molar-refractivity contribution is 7.07. The Labute approximate surface area is 130 Å². The molecule has 0 bridgehead atoms. The van der Waals surface area contributed by atoms with Crippen LogP contribution >= 0.6 is 11.3 Å². The van der Waals surface area contributed by atoms with E-state index in [9.17, 15) is 0 Å². The van der Waals surface area contributed by atoms with Crippen LogP contribution in [0.1, 0.15) is 29.5 Å². The number of thiophene rings is 1. The molecule has 3 rings (SSSR count). The monoisotopic (exact) mass is 296 g/mol. The Kier molecular flexibility index (Phi) is 4.72. The van der Waals surface area contributed by atoms with E-state index in [0.717, 1.165) is 24.7 Å². The molecule has 21 heavy (non-hydrogen) atoms. The lowest BCUT2D eigenvalue weighted by Crippen LogP contribution is -2.24. The molecule has 0 atom stereocenters. The minimum atomic E-state index is 0.415. The van der Waals surface area contributed by atoms with Gasteiger partial charge in [0.05, 0.1) is 6.54 Å². The molecule has 1 aliphatic rings. The van der Waals surface area contributed by atoms with E-state index in [-0.39, 0.29) is 0 Å². The predicted octanol–water partition coefficient (Wildman–Crippen LogP) is 3.22. The molecule has 1 fully saturated rings. The summed E-state index contributed by atoms with van der Waals surface area (Å²) in [6.45, 7) is 2.49. The third-order valence-electron chi connectivity index (χ3n) is 3.70. The lowest BCUT2D eigenvalue weighted by Gasteiger charge is -2.21. The molecule has 108 valence electrons. The molecule has 0 spiro atoms. The molecule has 1 aromatic carbocycles. The van der Waals surface area contributed by atoms with Crippen LogP contribution in [0.4, 0.5) is 0 Å². The Bertz CT molecular complexity index is 615. The van der Waals surface area contributed by atoms with Gasteiger partial charge in [-0.25, -0.2) is 0 Å². The first kappa shape index (κ1) is 14.3. The summed E-state index contributed by atoms with van der Waals surface area (Å²) >= 11 is 1.78. The highest BCUT2D eigenvalue weighted by Gasteiger charge is 2.28. The zero-order chi connectivity index (χ0) is 14.5. The summed E-state index contributed by atoms with van der Waals surface area (Å²) in [5, 5.41) is 4.41. The number of hydrogen-bond donors (Lipinski definition) is 1. The zero-order valence-electron chi connectivity index (χ0n) is 12.1. The topological polar surface area (TPSA) is 29.3 Å². The van der Waals surface area contributed by atoms with Crippen molar-refractivity contribution in [2.75, 3.05) is 6.54 Å². The van der Waals surface area contributed by atoms with Gasteiger partial charge in [-0.1, -0.05) is 24.0 Å². The third-order valence-corrected chi connectivity index (χ3v) is 4.44. The molecule has 1 aromatic heterocycles. The van der Waals surface area contributed by atoms with Gasteiger partial charge in [0.2, 0.25) is 0 Å². The smallest absolute Gasteiger partial charge is 0.0555 e. The third kappa shape index (κ3) is 4.18. The Balaban J connectivity index is 1.65. The first-order chi connectivity index (χ1) is 10.3. The van der Waals surface area contributed by atoms with E-state index >= 15 is 0 Å². The van der Waals surface area contributed by atoms with Gasteiger partial charge in [0.25, 0.3) is 0 Å². The van der Waals surface area contributed by atoms with E-state index in [1.807, 2.05) is 0 Å². The standard InChI is InChI=1S/C18H20N2S/c19-10-1-2-15-3-5-16(6-4-15)12-20(18-7-8-18)13-17-9-11-21-14-17/h3-6,9,11,14,18H,7-8,10,12-13,19H2. The zero-order valence-corrected chi connectivity index (χ0v) is 12.9. The minimum Gasteiger partial charge on any atom is -0.320 e. The molecule has 0 unspecified atom stereocenters. The maximum absolute atomic E-state index is 5.40. The molecule has 0 radical (unpaired) electrons. The van der Waals surface area contributed by atoms with Gasteiger partial charge >= 0.3 is 0 Å². The van der Waals surface area contributed by atoms with E-state index in [1.54, 1.807) is 11.3 Å². The molecule has 0 aliphatic heterocycles. The Morgan fingerprint density at radius 1 is 1.10 bits per heavy atom. The van der Waals surface area contributed by atoms with Gasteiger partial charge in [0, 0.05) is 24.7 Å². The summed E-state index contributed by atoms with van der Waals surface area (Å²) in [6.07, 6.45) is 2.67. The van der Waals surface area contributed by atoms with Crippen LogP contribution in [0, 0.1) is 11.8 Å². The summed E-state index contributed by atoms with van der Waals surface area (Å²) in [5.41, 5.74) is 9.22. The van der Waals surface area contributed by atoms with E-state index in [1.165, 1.54) is 24.0 Å². The van der Waals surface area contributed by atoms with Gasteiger partial charge in [-0.05, 0) is 52.9 Å². The highest BCUT2D eigenvalue weighted by atomic mass is 32.1. The Morgan fingerprint density at radius 3 is 2.48 bits per heavy atom. The second-order valence-corrected chi connectivity index (χ2v) is 6.25. The van der Waals surface area contributed by atoms with Crippen LogP contribution in [0.2, 0.25) is 0 Å². The fraction of sp³-hybridized carbons (Fsp3) is 0.333. The molecule has 0 amide bonds. The number of rotatable bonds is 5. The van der Waals surface area contributed by atoms with Crippen molar-refractivity contribution in [2.24, 2.45) is 5.73 Å². The van der Waals surface area contributed by atoms with Crippen molar-refractivity contribution in [2.45, 2.75) is 32.0 Å². The van der Waals surface area contributed by atoms with Crippen LogP contribution in [0.3, 0.4) is 0 Å². The second kappa shape index (κ2) is 6.91. The van der Waals surface area contributed by atoms with Gasteiger partial charge < -0.3 is 5.73 Å². The average molecular weight is 296 g/mol. The van der Waals surface area contributed by atoms with Crippen LogP contribution in [-0.4, -0.2) is 17.5 Å². The van der Waals surface area contributed by atoms with Crippen LogP contribution in [-0.2, 0) is 13.1 Å². The van der Waals surface area contributed by atoms with Crippen molar-refractivity contribution >= 4 is 11.3 Å². The number of nitrogens with two attached hydrogens (primary N) is 1. The number of benzene rings is 1. The molecule has 1 heterocycles. The van der Waals surface area contributed by atoms with Crippen molar-refractivity contribution in [3.8, 4) is 11.8 Å². The van der Waals surface area contributed by atoms with Crippen LogP contribution in [0.5, 0.6) is 0 Å². The molecular weight excluding hydrogens is 276 g/mol. The second-order valence-electron chi connectivity index (χ2n) is 5.47. The first-order valence-electron chi connectivity index (χ1n) is 7.38. The Hall–Kier alpha value is -1.60. The van der Waals surface area contributed by atoms with Crippen molar-refractivity contribution in [3.63, 3.8) is 0 Å². The van der Waals surface area contributed by atoms with Crippen LogP contribution < -0.4 is 5.73 Å². The van der Waals surface area contributed by atoms with E-state index in [4.69, 9.17) is 5.73 Å². The molecule has 3 heteroatoms. The molecule has 1 aliphatic carbocycles. The predicted molar refractivity (Wildman–Crippen MR) is 89.0 cm³/mol. The number of hydrogen-bond acceptors (Lipinski definition) is 3. The van der Waals surface area contributed by atoms with Gasteiger partial charge in [0.15, 0.2) is 0 Å². The van der Waals surface area contributed by atoms with Crippen LogP contribution in [0.25, 0.3) is 0 Å². The average Bonchev–Trinajstić information content (AvgIpc) is 3.24. The largest absolute Gasteiger partial charge is 0.320 e.